The lowest BCUT2D eigenvalue weighted by molar-refractivity contribution is 0.206. The van der Waals surface area contributed by atoms with E-state index in [-0.39, 0.29) is 18.5 Å². The van der Waals surface area contributed by atoms with Crippen LogP contribution in [0.2, 0.25) is 5.02 Å². The number of ether oxygens (including phenoxy) is 2. The van der Waals surface area contributed by atoms with Gasteiger partial charge in [0, 0.05) is 66.6 Å². The van der Waals surface area contributed by atoms with Gasteiger partial charge in [-0.3, -0.25) is 4.98 Å². The number of imidazole rings is 1. The van der Waals surface area contributed by atoms with E-state index < -0.39 is 0 Å². The molecule has 240 valence electrons. The Labute approximate surface area is 280 Å². The minimum Gasteiger partial charge on any atom is -0.488 e. The zero-order valence-corrected chi connectivity index (χ0v) is 27.3. The van der Waals surface area contributed by atoms with Gasteiger partial charge in [0.25, 0.3) is 0 Å². The van der Waals surface area contributed by atoms with Crippen molar-refractivity contribution in [2.24, 2.45) is 0 Å². The summed E-state index contributed by atoms with van der Waals surface area (Å²) >= 11 is 6.85. The second-order valence-electron chi connectivity index (χ2n) is 12.0. The molecule has 0 radical (unpaired) electrons. The van der Waals surface area contributed by atoms with Crippen molar-refractivity contribution < 1.29 is 13.9 Å². The third-order valence-corrected chi connectivity index (χ3v) is 8.71. The lowest BCUT2D eigenvalue weighted by Crippen LogP contribution is -2.18. The quantitative estimate of drug-likeness (QED) is 0.129. The van der Waals surface area contributed by atoms with E-state index in [4.69, 9.17) is 21.1 Å². The molecule has 1 N–H and O–H groups in total. The molecule has 0 fully saturated rings. The maximum atomic E-state index is 14.7. The number of fused-ring (bicyclic) bond motifs is 1. The highest BCUT2D eigenvalue weighted by Crippen LogP contribution is 2.43. The topological polar surface area (TPSA) is 85.0 Å². The molecule has 5 aromatic rings. The van der Waals surface area contributed by atoms with E-state index in [0.29, 0.717) is 40.1 Å². The molecule has 3 aromatic carbocycles. The number of pyridine rings is 1. The van der Waals surface area contributed by atoms with Crippen LogP contribution in [0.15, 0.2) is 85.5 Å². The molecule has 0 bridgehead atoms. The molecular weight excluding hydrogens is 613 g/mol. The van der Waals surface area contributed by atoms with Crippen molar-refractivity contribution in [3.05, 3.63) is 130 Å². The molecule has 1 atom stereocenters. The van der Waals surface area contributed by atoms with Crippen molar-refractivity contribution in [3.8, 4) is 28.7 Å². The van der Waals surface area contributed by atoms with Gasteiger partial charge < -0.3 is 19.4 Å². The summed E-state index contributed by atoms with van der Waals surface area (Å²) in [5.41, 5.74) is 5.77. The number of nitriles is 1. The zero-order chi connectivity index (χ0) is 32.8. The molecule has 0 spiro atoms. The first kappa shape index (κ1) is 32.2. The molecule has 0 amide bonds. The number of hydrogen-bond acceptors (Lipinski definition) is 6. The highest BCUT2D eigenvalue weighted by molar-refractivity contribution is 6.32. The van der Waals surface area contributed by atoms with Crippen molar-refractivity contribution in [3.63, 3.8) is 0 Å². The minimum absolute atomic E-state index is 0.230. The molecule has 0 saturated heterocycles. The Morgan fingerprint density at radius 1 is 1.09 bits per heavy atom. The molecule has 0 aliphatic heterocycles. The Hall–Kier alpha value is -4.71. The molecule has 0 unspecified atom stereocenters. The maximum Gasteiger partial charge on any atom is 0.142 e. The Kier molecular flexibility index (Phi) is 10.2. The standard InChI is InChI=1S/C38H37ClFN5O2/c1-25(2)38-44-14-16-45(38)15-6-13-42-23-28-18-33(39)37(19-36(28)46-24-27-17-26(20-41)21-43-22-27)47-35-12-11-30-29(8-5-9-32(30)35)31-7-3-4-10-34(31)40/h3-5,7-10,14,16-19,21-22,25,35,42H,6,11-13,15,23-24H2,1-2H3/t35-/m0/s1. The van der Waals surface area contributed by atoms with Gasteiger partial charge in [0.1, 0.15) is 41.9 Å². The van der Waals surface area contributed by atoms with Gasteiger partial charge in [-0.2, -0.15) is 5.26 Å². The van der Waals surface area contributed by atoms with Crippen LogP contribution in [0.4, 0.5) is 4.39 Å². The number of benzene rings is 3. The molecule has 47 heavy (non-hydrogen) atoms. The lowest BCUT2D eigenvalue weighted by atomic mass is 9.96. The Morgan fingerprint density at radius 2 is 1.94 bits per heavy atom. The normalized spacial score (nSPS) is 13.8. The van der Waals surface area contributed by atoms with Crippen LogP contribution in [0.25, 0.3) is 11.1 Å². The summed E-state index contributed by atoms with van der Waals surface area (Å²) in [6, 6.07) is 20.5. The fourth-order valence-electron chi connectivity index (χ4n) is 6.16. The SMILES string of the molecule is CC(C)c1nccn1CCCNCc1cc(Cl)c(O[C@H]2CCc3c(-c4ccccc4F)cccc32)cc1OCc1cncc(C#N)c1. The molecule has 7 nitrogen and oxygen atoms in total. The van der Waals surface area contributed by atoms with Gasteiger partial charge in [-0.25, -0.2) is 9.37 Å². The first-order valence-electron chi connectivity index (χ1n) is 16.0. The summed E-state index contributed by atoms with van der Waals surface area (Å²) in [4.78, 5) is 8.64. The lowest BCUT2D eigenvalue weighted by Gasteiger charge is -2.20. The van der Waals surface area contributed by atoms with Crippen LogP contribution in [-0.2, 0) is 26.1 Å². The van der Waals surface area contributed by atoms with Crippen molar-refractivity contribution in [2.45, 2.75) is 64.8 Å². The molecule has 2 heterocycles. The molecule has 6 rings (SSSR count). The molecule has 9 heteroatoms. The van der Waals surface area contributed by atoms with Crippen LogP contribution in [0.5, 0.6) is 11.5 Å². The van der Waals surface area contributed by atoms with E-state index in [1.54, 1.807) is 18.3 Å². The second kappa shape index (κ2) is 14.8. The van der Waals surface area contributed by atoms with Crippen molar-refractivity contribution in [2.75, 3.05) is 6.54 Å². The summed E-state index contributed by atoms with van der Waals surface area (Å²) in [6.07, 6.45) is 9.32. The first-order chi connectivity index (χ1) is 22.9. The Morgan fingerprint density at radius 3 is 2.77 bits per heavy atom. The number of hydrogen-bond donors (Lipinski definition) is 1. The fraction of sp³-hybridized carbons (Fsp3) is 0.289. The van der Waals surface area contributed by atoms with E-state index >= 15 is 0 Å². The predicted molar refractivity (Wildman–Crippen MR) is 181 cm³/mol. The second-order valence-corrected chi connectivity index (χ2v) is 12.4. The summed E-state index contributed by atoms with van der Waals surface area (Å²) in [7, 11) is 0. The summed E-state index contributed by atoms with van der Waals surface area (Å²) in [5.74, 6) is 2.37. The summed E-state index contributed by atoms with van der Waals surface area (Å²) < 4.78 is 29.8. The van der Waals surface area contributed by atoms with Gasteiger partial charge in [0.15, 0.2) is 0 Å². The number of rotatable bonds is 13. The smallest absolute Gasteiger partial charge is 0.142 e. The molecule has 2 aromatic heterocycles. The van der Waals surface area contributed by atoms with Gasteiger partial charge in [0.05, 0.1) is 10.6 Å². The summed E-state index contributed by atoms with van der Waals surface area (Å²) in [6.45, 7) is 6.75. The monoisotopic (exact) mass is 649 g/mol. The van der Waals surface area contributed by atoms with E-state index in [1.165, 1.54) is 12.3 Å². The Balaban J connectivity index is 1.20. The van der Waals surface area contributed by atoms with E-state index in [2.05, 4.69) is 39.8 Å². The number of aryl methyl sites for hydroxylation is 1. The van der Waals surface area contributed by atoms with Crippen LogP contribution in [0, 0.1) is 17.1 Å². The van der Waals surface area contributed by atoms with E-state index in [0.717, 1.165) is 66.0 Å². The van der Waals surface area contributed by atoms with Crippen molar-refractivity contribution in [1.82, 2.24) is 19.9 Å². The number of nitrogens with one attached hydrogen (secondary N) is 1. The fourth-order valence-corrected chi connectivity index (χ4v) is 6.39. The maximum absolute atomic E-state index is 14.7. The van der Waals surface area contributed by atoms with E-state index in [9.17, 15) is 9.65 Å². The highest BCUT2D eigenvalue weighted by atomic mass is 35.5. The van der Waals surface area contributed by atoms with Crippen LogP contribution < -0.4 is 14.8 Å². The molecule has 1 aliphatic rings. The Bertz CT molecular complexity index is 1900. The zero-order valence-electron chi connectivity index (χ0n) is 26.5. The van der Waals surface area contributed by atoms with Crippen LogP contribution in [0.1, 0.15) is 72.4 Å². The summed E-state index contributed by atoms with van der Waals surface area (Å²) in [5, 5.41) is 13.3. The average Bonchev–Trinajstić information content (AvgIpc) is 3.73. The largest absolute Gasteiger partial charge is 0.488 e. The van der Waals surface area contributed by atoms with Gasteiger partial charge in [-0.1, -0.05) is 61.8 Å². The van der Waals surface area contributed by atoms with Crippen molar-refractivity contribution >= 4 is 11.6 Å². The van der Waals surface area contributed by atoms with Gasteiger partial charge in [-0.15, -0.1) is 0 Å². The van der Waals surface area contributed by atoms with Crippen LogP contribution in [0.3, 0.4) is 0 Å². The molecule has 0 saturated carbocycles. The third kappa shape index (κ3) is 7.48. The minimum atomic E-state index is -0.239. The molecular formula is C38H37ClFN5O2. The van der Waals surface area contributed by atoms with Gasteiger partial charge >= 0.3 is 0 Å². The molecule has 1 aliphatic carbocycles. The van der Waals surface area contributed by atoms with Crippen LogP contribution >= 0.6 is 11.6 Å². The van der Waals surface area contributed by atoms with Crippen LogP contribution in [-0.4, -0.2) is 21.1 Å². The third-order valence-electron chi connectivity index (χ3n) is 8.41. The number of aromatic nitrogens is 3. The average molecular weight is 650 g/mol. The number of nitrogens with zero attached hydrogens (tertiary/aromatic N) is 4. The van der Waals surface area contributed by atoms with Crippen molar-refractivity contribution in [1.29, 1.82) is 5.26 Å². The van der Waals surface area contributed by atoms with E-state index in [1.807, 2.05) is 54.9 Å². The van der Waals surface area contributed by atoms with Gasteiger partial charge in [-0.05, 0) is 60.7 Å². The number of halogens is 2. The highest BCUT2D eigenvalue weighted by Gasteiger charge is 2.28. The first-order valence-corrected chi connectivity index (χ1v) is 16.3. The predicted octanol–water partition coefficient (Wildman–Crippen LogP) is 8.56. The van der Waals surface area contributed by atoms with Gasteiger partial charge in [0.2, 0.25) is 0 Å².